The molecule has 0 radical (unpaired) electrons. The van der Waals surface area contributed by atoms with Gasteiger partial charge in [-0.15, -0.1) is 5.48 Å². The first-order valence-electron chi connectivity index (χ1n) is 7.86. The number of halogens is 4. The van der Waals surface area contributed by atoms with Crippen molar-refractivity contribution >= 4 is 29.2 Å². The Morgan fingerprint density at radius 1 is 1.20 bits per heavy atom. The summed E-state index contributed by atoms with van der Waals surface area (Å²) < 4.78 is 47.8. The van der Waals surface area contributed by atoms with Crippen LogP contribution in [0.15, 0.2) is 36.4 Å². The van der Waals surface area contributed by atoms with Gasteiger partial charge in [-0.3, -0.25) is 14.9 Å². The smallest absolute Gasteiger partial charge is 0.416 e. The summed E-state index contributed by atoms with van der Waals surface area (Å²) in [6.07, 6.45) is -4.61. The van der Waals surface area contributed by atoms with Crippen molar-refractivity contribution in [3.8, 4) is 11.5 Å². The van der Waals surface area contributed by atoms with E-state index in [2.05, 4.69) is 9.57 Å². The Balaban J connectivity index is 2.26. The second-order valence-corrected chi connectivity index (χ2v) is 5.88. The Morgan fingerprint density at radius 2 is 1.90 bits per heavy atom. The predicted octanol–water partition coefficient (Wildman–Crippen LogP) is 3.89. The van der Waals surface area contributed by atoms with Crippen LogP contribution in [0, 0.1) is 10.1 Å². The summed E-state index contributed by atoms with van der Waals surface area (Å²) in [5, 5.41) is 10.8. The molecule has 0 aliphatic heterocycles. The highest BCUT2D eigenvalue weighted by Crippen LogP contribution is 2.37. The number of alkyl halides is 3. The number of hydrogen-bond donors (Lipinski definition) is 1. The number of esters is 1. The molecular formula is C17H12ClF3N2O7. The zero-order chi connectivity index (χ0) is 22.5. The third-order valence-electron chi connectivity index (χ3n) is 3.48. The number of nitrogens with zero attached hydrogens (tertiary/aromatic N) is 1. The molecule has 160 valence electrons. The lowest BCUT2D eigenvalue weighted by atomic mass is 10.1. The summed E-state index contributed by atoms with van der Waals surface area (Å²) in [4.78, 5) is 38.0. The second kappa shape index (κ2) is 9.41. The number of carbonyl (C=O) groups is 2. The number of hydroxylamine groups is 1. The fourth-order valence-corrected chi connectivity index (χ4v) is 2.30. The summed E-state index contributed by atoms with van der Waals surface area (Å²) in [6.45, 7) is -0.507. The molecule has 30 heavy (non-hydrogen) atoms. The van der Waals surface area contributed by atoms with Gasteiger partial charge in [0.05, 0.1) is 22.6 Å². The third kappa shape index (κ3) is 5.81. The van der Waals surface area contributed by atoms with Gasteiger partial charge in [0.25, 0.3) is 5.69 Å². The summed E-state index contributed by atoms with van der Waals surface area (Å²) in [5.74, 6) is -2.29. The van der Waals surface area contributed by atoms with Gasteiger partial charge in [0.1, 0.15) is 23.6 Å². The Hall–Kier alpha value is -3.38. The molecule has 0 bridgehead atoms. The van der Waals surface area contributed by atoms with Gasteiger partial charge in [0.15, 0.2) is 0 Å². The molecule has 0 aliphatic rings. The van der Waals surface area contributed by atoms with Gasteiger partial charge >= 0.3 is 18.1 Å². The Morgan fingerprint density at radius 3 is 2.47 bits per heavy atom. The van der Waals surface area contributed by atoms with E-state index in [1.54, 1.807) is 0 Å². The van der Waals surface area contributed by atoms with Gasteiger partial charge in [-0.25, -0.2) is 4.79 Å². The number of hydrogen-bond acceptors (Lipinski definition) is 8. The van der Waals surface area contributed by atoms with Crippen LogP contribution in [0.25, 0.3) is 0 Å². The van der Waals surface area contributed by atoms with E-state index in [1.807, 2.05) is 5.48 Å². The van der Waals surface area contributed by atoms with Gasteiger partial charge in [0, 0.05) is 12.1 Å². The standard InChI is InChI=1S/C17H12ClF3N2O7/c1-28-15(24)8-22-30-16(25)11-7-10(3-4-13(11)23(26)27)29-14-5-2-9(6-12(14)18)17(19,20)21/h2-7,22H,8H2,1H3. The van der Waals surface area contributed by atoms with Crippen molar-refractivity contribution in [2.45, 2.75) is 6.18 Å². The van der Waals surface area contributed by atoms with Crippen molar-refractivity contribution in [3.63, 3.8) is 0 Å². The number of benzene rings is 2. The van der Waals surface area contributed by atoms with Crippen molar-refractivity contribution in [3.05, 3.63) is 62.7 Å². The van der Waals surface area contributed by atoms with Crippen molar-refractivity contribution < 1.29 is 42.0 Å². The first-order valence-corrected chi connectivity index (χ1v) is 8.24. The minimum Gasteiger partial charge on any atom is -0.468 e. The van der Waals surface area contributed by atoms with Crippen molar-refractivity contribution in [2.24, 2.45) is 0 Å². The van der Waals surface area contributed by atoms with Crippen LogP contribution in [0.4, 0.5) is 18.9 Å². The lowest BCUT2D eigenvalue weighted by molar-refractivity contribution is -0.385. The molecule has 0 heterocycles. The molecular weight excluding hydrogens is 437 g/mol. The van der Waals surface area contributed by atoms with E-state index in [0.717, 1.165) is 37.4 Å². The summed E-state index contributed by atoms with van der Waals surface area (Å²) in [6, 6.07) is 5.33. The first-order chi connectivity index (χ1) is 14.0. The molecule has 0 unspecified atom stereocenters. The molecule has 0 fully saturated rings. The second-order valence-electron chi connectivity index (χ2n) is 5.47. The van der Waals surface area contributed by atoms with E-state index < -0.39 is 46.4 Å². The van der Waals surface area contributed by atoms with E-state index >= 15 is 0 Å². The number of carbonyl (C=O) groups excluding carboxylic acids is 2. The molecule has 9 nitrogen and oxygen atoms in total. The van der Waals surface area contributed by atoms with E-state index in [9.17, 15) is 32.9 Å². The molecule has 0 amide bonds. The highest BCUT2D eigenvalue weighted by atomic mass is 35.5. The molecule has 0 aromatic heterocycles. The predicted molar refractivity (Wildman–Crippen MR) is 95.1 cm³/mol. The molecule has 2 aromatic rings. The van der Waals surface area contributed by atoms with Gasteiger partial charge < -0.3 is 14.3 Å². The minimum absolute atomic E-state index is 0.137. The molecule has 2 aromatic carbocycles. The maximum Gasteiger partial charge on any atom is 0.416 e. The average Bonchev–Trinajstić information content (AvgIpc) is 2.68. The number of ether oxygens (including phenoxy) is 2. The molecule has 0 spiro atoms. The normalized spacial score (nSPS) is 11.0. The minimum atomic E-state index is -4.61. The highest BCUT2D eigenvalue weighted by Gasteiger charge is 2.31. The molecule has 2 rings (SSSR count). The molecule has 0 aliphatic carbocycles. The molecule has 1 N–H and O–H groups in total. The molecule has 13 heteroatoms. The molecule has 0 saturated heterocycles. The Bertz CT molecular complexity index is 982. The van der Waals surface area contributed by atoms with Crippen molar-refractivity contribution in [1.82, 2.24) is 5.48 Å². The average molecular weight is 449 g/mol. The zero-order valence-corrected chi connectivity index (χ0v) is 15.7. The first kappa shape index (κ1) is 22.9. The van der Waals surface area contributed by atoms with Gasteiger partial charge in [0.2, 0.25) is 0 Å². The van der Waals surface area contributed by atoms with Crippen LogP contribution in [-0.2, 0) is 20.5 Å². The topological polar surface area (TPSA) is 117 Å². The number of nitrogens with one attached hydrogen (secondary N) is 1. The van der Waals surface area contributed by atoms with E-state index in [-0.39, 0.29) is 16.5 Å². The Labute approximate surface area is 171 Å². The van der Waals surface area contributed by atoms with Crippen LogP contribution in [0.2, 0.25) is 5.02 Å². The molecule has 0 saturated carbocycles. The highest BCUT2D eigenvalue weighted by molar-refractivity contribution is 6.32. The number of rotatable bonds is 7. The van der Waals surface area contributed by atoms with E-state index in [1.165, 1.54) is 0 Å². The van der Waals surface area contributed by atoms with E-state index in [0.29, 0.717) is 6.07 Å². The van der Waals surface area contributed by atoms with Gasteiger partial charge in [-0.2, -0.15) is 13.2 Å². The third-order valence-corrected chi connectivity index (χ3v) is 3.78. The largest absolute Gasteiger partial charge is 0.468 e. The monoisotopic (exact) mass is 448 g/mol. The van der Waals surface area contributed by atoms with E-state index in [4.69, 9.17) is 16.3 Å². The van der Waals surface area contributed by atoms with Gasteiger partial charge in [-0.05, 0) is 24.3 Å². The zero-order valence-electron chi connectivity index (χ0n) is 15.0. The van der Waals surface area contributed by atoms with Crippen LogP contribution < -0.4 is 10.2 Å². The van der Waals surface area contributed by atoms with Crippen LogP contribution in [0.5, 0.6) is 11.5 Å². The number of methoxy groups -OCH3 is 1. The summed E-state index contributed by atoms with van der Waals surface area (Å²) in [7, 11) is 1.10. The number of nitro benzene ring substituents is 1. The Kier molecular flexibility index (Phi) is 7.19. The fraction of sp³-hybridized carbons (Fsp3) is 0.176. The van der Waals surface area contributed by atoms with Crippen LogP contribution >= 0.6 is 11.6 Å². The van der Waals surface area contributed by atoms with Crippen molar-refractivity contribution in [2.75, 3.05) is 13.7 Å². The molecule has 0 atom stereocenters. The lowest BCUT2D eigenvalue weighted by Gasteiger charge is -2.12. The summed E-state index contributed by atoms with van der Waals surface area (Å²) in [5.41, 5.74) is -0.189. The number of nitro groups is 1. The van der Waals surface area contributed by atoms with Crippen molar-refractivity contribution in [1.29, 1.82) is 0 Å². The van der Waals surface area contributed by atoms with Crippen LogP contribution in [-0.4, -0.2) is 30.5 Å². The fourth-order valence-electron chi connectivity index (χ4n) is 2.08. The maximum atomic E-state index is 12.7. The lowest BCUT2D eigenvalue weighted by Crippen LogP contribution is -2.27. The van der Waals surface area contributed by atoms with Crippen LogP contribution in [0.1, 0.15) is 15.9 Å². The SMILES string of the molecule is COC(=O)CNOC(=O)c1cc(Oc2ccc(C(F)(F)F)cc2Cl)ccc1[N+](=O)[O-]. The van der Waals surface area contributed by atoms with Gasteiger partial charge in [-0.1, -0.05) is 11.6 Å². The van der Waals surface area contributed by atoms with Crippen LogP contribution in [0.3, 0.4) is 0 Å². The summed E-state index contributed by atoms with van der Waals surface area (Å²) >= 11 is 5.80. The quantitative estimate of drug-likeness (QED) is 0.385. The maximum absolute atomic E-state index is 12.7.